The van der Waals surface area contributed by atoms with Gasteiger partial charge in [0.05, 0.1) is 21.9 Å². The topological polar surface area (TPSA) is 13.1 Å². The predicted molar refractivity (Wildman–Crippen MR) is 190 cm³/mol. The van der Waals surface area contributed by atoms with Gasteiger partial charge in [-0.05, 0) is 84.2 Å². The molecule has 210 valence electrons. The molecule has 1 heterocycles. The first-order valence-electron chi connectivity index (χ1n) is 22.1. The molecule has 1 nitrogen and oxygen atoms in total. The van der Waals surface area contributed by atoms with Crippen LogP contribution in [-0.2, 0) is 0 Å². The minimum atomic E-state index is -0.641. The largest absolute Gasteiger partial charge is 0.456 e. The summed E-state index contributed by atoms with van der Waals surface area (Å²) >= 11 is 0. The molecule has 1 aromatic heterocycles. The third-order valence-electron chi connectivity index (χ3n) is 7.90. The van der Waals surface area contributed by atoms with Gasteiger partial charge in [0, 0.05) is 10.8 Å². The molecule has 0 N–H and O–H groups in total. The fourth-order valence-electron chi connectivity index (χ4n) is 5.90. The lowest BCUT2D eigenvalue weighted by molar-refractivity contribution is 0.669. The fraction of sp³-hybridized carbons (Fsp3) is 0. The van der Waals surface area contributed by atoms with Crippen molar-refractivity contribution >= 4 is 43.5 Å². The quantitative estimate of drug-likeness (QED) is 0.186. The van der Waals surface area contributed by atoms with Gasteiger partial charge < -0.3 is 4.42 Å². The Kier molecular flexibility index (Phi) is 3.28. The van der Waals surface area contributed by atoms with Gasteiger partial charge in [-0.25, -0.2) is 0 Å². The standard InChI is InChI=1S/C44H28O/c1-2-10-29(11-3-1)30-18-22-32(23-19-30)43-36-13-4-6-15-38(36)44(39-16-7-5-14-37(39)43)33-24-20-31(21-25-33)34-26-27-42-40(28-34)35-12-8-9-17-41(35)45-42/h1-28H/i1D,2D,3D,8D,9D,10D,11D,12D,17D,20D,21D,24D,25D,26D,27D,28D. The van der Waals surface area contributed by atoms with E-state index in [1.54, 1.807) is 48.5 Å². The average molecular weight is 589 g/mol. The molecule has 0 aliphatic heterocycles. The van der Waals surface area contributed by atoms with Gasteiger partial charge in [0.15, 0.2) is 0 Å². The van der Waals surface area contributed by atoms with E-state index in [4.69, 9.17) is 19.5 Å². The SMILES string of the molecule is [2H]c1c([2H])c([2H])c(-c2ccc(-c3c4ccccc4c(-c4c([2H])c([2H])c(-c5c([2H])c([2H])c6oc7c([2H])c([2H])c([2H])c([2H])c7c6c5[2H])c([2H])c4[2H])c4ccccc34)cc2)c([2H])c1[2H]. The molecule has 45 heavy (non-hydrogen) atoms. The van der Waals surface area contributed by atoms with Crippen molar-refractivity contribution in [3.05, 3.63) is 169 Å². The molecule has 0 fully saturated rings. The van der Waals surface area contributed by atoms with Gasteiger partial charge in [0.25, 0.3) is 0 Å². The Bertz CT molecular complexity index is 3310. The molecular weight excluding hydrogens is 544 g/mol. The number of furan rings is 1. The molecule has 0 saturated heterocycles. The highest BCUT2D eigenvalue weighted by molar-refractivity contribution is 6.21. The number of benzene rings is 8. The average Bonchev–Trinajstić information content (AvgIpc) is 3.68. The maximum Gasteiger partial charge on any atom is 0.135 e. The van der Waals surface area contributed by atoms with E-state index >= 15 is 0 Å². The van der Waals surface area contributed by atoms with Crippen LogP contribution in [0.4, 0.5) is 0 Å². The highest BCUT2D eigenvalue weighted by Crippen LogP contribution is 2.44. The van der Waals surface area contributed by atoms with Crippen LogP contribution < -0.4 is 0 Å². The highest BCUT2D eigenvalue weighted by Gasteiger charge is 2.17. The lowest BCUT2D eigenvalue weighted by Gasteiger charge is -2.18. The van der Waals surface area contributed by atoms with Crippen molar-refractivity contribution in [1.29, 1.82) is 0 Å². The molecule has 0 spiro atoms. The third kappa shape index (κ3) is 4.24. The van der Waals surface area contributed by atoms with Crippen LogP contribution in [0.2, 0.25) is 0 Å². The van der Waals surface area contributed by atoms with Crippen LogP contribution in [0.3, 0.4) is 0 Å². The van der Waals surface area contributed by atoms with Gasteiger partial charge in [-0.1, -0.05) is 151 Å². The smallest absolute Gasteiger partial charge is 0.135 e. The minimum Gasteiger partial charge on any atom is -0.456 e. The lowest BCUT2D eigenvalue weighted by Crippen LogP contribution is -1.91. The van der Waals surface area contributed by atoms with Crippen molar-refractivity contribution < 1.29 is 26.3 Å². The number of rotatable bonds is 4. The number of fused-ring (bicyclic) bond motifs is 5. The van der Waals surface area contributed by atoms with Gasteiger partial charge in [0.1, 0.15) is 11.2 Å². The maximum atomic E-state index is 9.44. The molecule has 0 saturated carbocycles. The number of hydrogen-bond donors (Lipinski definition) is 0. The molecule has 0 unspecified atom stereocenters. The van der Waals surface area contributed by atoms with E-state index in [2.05, 4.69) is 0 Å². The van der Waals surface area contributed by atoms with Crippen LogP contribution in [0.25, 0.3) is 88.0 Å². The Hall–Kier alpha value is -5.92. The first-order chi connectivity index (χ1) is 29.0. The van der Waals surface area contributed by atoms with Crippen LogP contribution in [0.5, 0.6) is 0 Å². The van der Waals surface area contributed by atoms with Gasteiger partial charge in [0.2, 0.25) is 0 Å². The zero-order valence-electron chi connectivity index (χ0n) is 39.3. The van der Waals surface area contributed by atoms with Crippen LogP contribution in [0.15, 0.2) is 174 Å². The molecule has 0 aliphatic carbocycles. The van der Waals surface area contributed by atoms with Crippen molar-refractivity contribution in [2.45, 2.75) is 0 Å². The summed E-state index contributed by atoms with van der Waals surface area (Å²) in [5, 5.41) is 2.12. The van der Waals surface area contributed by atoms with Crippen molar-refractivity contribution in [1.82, 2.24) is 0 Å². The first-order valence-corrected chi connectivity index (χ1v) is 14.1. The molecule has 0 aliphatic rings. The minimum absolute atomic E-state index is 0.0534. The summed E-state index contributed by atoms with van der Waals surface area (Å²) in [7, 11) is 0. The Labute approximate surface area is 284 Å². The third-order valence-corrected chi connectivity index (χ3v) is 7.90. The van der Waals surface area contributed by atoms with E-state index in [0.29, 0.717) is 38.2 Å². The molecule has 8 aromatic carbocycles. The maximum absolute atomic E-state index is 9.44. The van der Waals surface area contributed by atoms with E-state index in [1.807, 2.05) is 24.3 Å². The number of hydrogen-bond acceptors (Lipinski definition) is 1. The number of para-hydroxylation sites is 1. The molecule has 0 atom stereocenters. The second-order valence-electron chi connectivity index (χ2n) is 10.4. The first kappa shape index (κ1) is 14.2. The zero-order chi connectivity index (χ0) is 43.7. The second-order valence-corrected chi connectivity index (χ2v) is 10.4. The summed E-state index contributed by atoms with van der Waals surface area (Å²) in [6.45, 7) is 0. The molecule has 0 amide bonds. The van der Waals surface area contributed by atoms with Gasteiger partial charge >= 0.3 is 0 Å². The van der Waals surface area contributed by atoms with Gasteiger partial charge in [-0.3, -0.25) is 0 Å². The van der Waals surface area contributed by atoms with Crippen LogP contribution >= 0.6 is 0 Å². The Morgan fingerprint density at radius 3 is 1.49 bits per heavy atom. The summed E-state index contributed by atoms with van der Waals surface area (Å²) in [6, 6.07) is 13.3. The van der Waals surface area contributed by atoms with Crippen LogP contribution in [-0.4, -0.2) is 0 Å². The Morgan fingerprint density at radius 2 is 0.822 bits per heavy atom. The zero-order valence-corrected chi connectivity index (χ0v) is 23.3. The molecule has 1 heteroatoms. The van der Waals surface area contributed by atoms with Gasteiger partial charge in [-0.2, -0.15) is 0 Å². The lowest BCUT2D eigenvalue weighted by atomic mass is 9.85. The van der Waals surface area contributed by atoms with Crippen molar-refractivity contribution in [2.24, 2.45) is 0 Å². The summed E-state index contributed by atoms with van der Waals surface area (Å²) < 4.78 is 145. The van der Waals surface area contributed by atoms with Crippen molar-refractivity contribution in [3.8, 4) is 44.5 Å². The van der Waals surface area contributed by atoms with E-state index in [1.165, 1.54) is 0 Å². The Balaban J connectivity index is 1.29. The molecule has 0 bridgehead atoms. The van der Waals surface area contributed by atoms with E-state index in [-0.39, 0.29) is 45.2 Å². The highest BCUT2D eigenvalue weighted by atomic mass is 16.3. The Morgan fingerprint density at radius 1 is 0.333 bits per heavy atom. The normalized spacial score (nSPS) is 16.5. The summed E-state index contributed by atoms with van der Waals surface area (Å²) in [5.41, 5.74) is 0.788. The van der Waals surface area contributed by atoms with E-state index < -0.39 is 95.7 Å². The molecular formula is C44H28O. The summed E-state index contributed by atoms with van der Waals surface area (Å²) in [4.78, 5) is 0. The van der Waals surface area contributed by atoms with Crippen LogP contribution in [0, 0.1) is 0 Å². The van der Waals surface area contributed by atoms with E-state index in [9.17, 15) is 6.85 Å². The summed E-state index contributed by atoms with van der Waals surface area (Å²) in [5.74, 6) is 0. The van der Waals surface area contributed by atoms with E-state index in [0.717, 1.165) is 5.56 Å². The predicted octanol–water partition coefficient (Wildman–Crippen LogP) is 12.6. The van der Waals surface area contributed by atoms with Gasteiger partial charge in [-0.15, -0.1) is 0 Å². The monoisotopic (exact) mass is 588 g/mol. The molecule has 0 radical (unpaired) electrons. The second kappa shape index (κ2) is 10.4. The molecule has 9 aromatic rings. The fourth-order valence-corrected chi connectivity index (χ4v) is 5.90. The summed E-state index contributed by atoms with van der Waals surface area (Å²) in [6.07, 6.45) is 0. The van der Waals surface area contributed by atoms with Crippen molar-refractivity contribution in [3.63, 3.8) is 0 Å². The van der Waals surface area contributed by atoms with Crippen LogP contribution in [0.1, 0.15) is 21.9 Å². The molecule has 9 rings (SSSR count). The van der Waals surface area contributed by atoms with Crippen molar-refractivity contribution in [2.75, 3.05) is 0 Å².